The Labute approximate surface area is 171 Å². The quantitative estimate of drug-likeness (QED) is 0.664. The van der Waals surface area contributed by atoms with E-state index in [0.29, 0.717) is 43.1 Å². The highest BCUT2D eigenvalue weighted by Crippen LogP contribution is 2.22. The van der Waals surface area contributed by atoms with Gasteiger partial charge in [0.25, 0.3) is 5.91 Å². The number of amides is 1. The Morgan fingerprint density at radius 2 is 1.55 bits per heavy atom. The Hall–Kier alpha value is -2.70. The van der Waals surface area contributed by atoms with E-state index in [1.807, 2.05) is 49.4 Å². The third-order valence-electron chi connectivity index (χ3n) is 5.42. The summed E-state index contributed by atoms with van der Waals surface area (Å²) in [6, 6.07) is 20.5. The van der Waals surface area contributed by atoms with Crippen molar-refractivity contribution in [2.45, 2.75) is 18.2 Å². The predicted molar refractivity (Wildman–Crippen MR) is 114 cm³/mol. The molecule has 0 N–H and O–H groups in total. The number of hydrogen-bond donors (Lipinski definition) is 0. The lowest BCUT2D eigenvalue weighted by atomic mass is 10.0. The topological polar surface area (TPSA) is 57.7 Å². The summed E-state index contributed by atoms with van der Waals surface area (Å²) >= 11 is 0. The second-order valence-electron chi connectivity index (χ2n) is 7.39. The Bertz CT molecular complexity index is 1140. The van der Waals surface area contributed by atoms with Crippen LogP contribution in [0.15, 0.2) is 71.6 Å². The molecule has 0 saturated carbocycles. The van der Waals surface area contributed by atoms with E-state index in [0.717, 1.165) is 16.3 Å². The lowest BCUT2D eigenvalue weighted by Crippen LogP contribution is -2.37. The van der Waals surface area contributed by atoms with Crippen molar-refractivity contribution < 1.29 is 13.2 Å². The summed E-state index contributed by atoms with van der Waals surface area (Å²) < 4.78 is 27.5. The third kappa shape index (κ3) is 3.91. The van der Waals surface area contributed by atoms with Crippen molar-refractivity contribution in [1.29, 1.82) is 0 Å². The second-order valence-corrected chi connectivity index (χ2v) is 9.33. The average Bonchev–Trinajstić information content (AvgIpc) is 3.00. The Morgan fingerprint density at radius 3 is 2.34 bits per heavy atom. The normalized spacial score (nSPS) is 16.0. The van der Waals surface area contributed by atoms with E-state index in [1.54, 1.807) is 29.2 Å². The van der Waals surface area contributed by atoms with Crippen molar-refractivity contribution in [3.63, 3.8) is 0 Å². The first kappa shape index (κ1) is 19.6. The van der Waals surface area contributed by atoms with Gasteiger partial charge in [-0.1, -0.05) is 54.1 Å². The van der Waals surface area contributed by atoms with Crippen molar-refractivity contribution in [2.75, 3.05) is 26.2 Å². The molecule has 1 aliphatic heterocycles. The lowest BCUT2D eigenvalue weighted by Gasteiger charge is -2.22. The summed E-state index contributed by atoms with van der Waals surface area (Å²) in [5, 5.41) is 1.95. The number of sulfonamides is 1. The molecule has 0 aliphatic carbocycles. The van der Waals surface area contributed by atoms with Crippen LogP contribution in [0.3, 0.4) is 0 Å². The molecule has 0 bridgehead atoms. The molecule has 6 heteroatoms. The smallest absolute Gasteiger partial charge is 0.254 e. The Morgan fingerprint density at radius 1 is 0.828 bits per heavy atom. The van der Waals surface area contributed by atoms with E-state index in [4.69, 9.17) is 0 Å². The molecule has 1 heterocycles. The maximum absolute atomic E-state index is 13.2. The fraction of sp³-hybridized carbons (Fsp3) is 0.261. The fourth-order valence-electron chi connectivity index (χ4n) is 3.78. The van der Waals surface area contributed by atoms with Gasteiger partial charge in [0.15, 0.2) is 0 Å². The summed E-state index contributed by atoms with van der Waals surface area (Å²) in [6.45, 7) is 3.57. The van der Waals surface area contributed by atoms with Crippen LogP contribution in [0.2, 0.25) is 0 Å². The number of fused-ring (bicyclic) bond motifs is 1. The molecular weight excluding hydrogens is 384 g/mol. The van der Waals surface area contributed by atoms with E-state index in [1.165, 1.54) is 4.31 Å². The number of nitrogens with zero attached hydrogens (tertiary/aromatic N) is 2. The second kappa shape index (κ2) is 7.97. The maximum Gasteiger partial charge on any atom is 0.254 e. The van der Waals surface area contributed by atoms with Crippen LogP contribution in [0.25, 0.3) is 10.8 Å². The van der Waals surface area contributed by atoms with Crippen LogP contribution >= 0.6 is 0 Å². The number of benzene rings is 3. The van der Waals surface area contributed by atoms with Gasteiger partial charge >= 0.3 is 0 Å². The summed E-state index contributed by atoms with van der Waals surface area (Å²) in [6.07, 6.45) is 0.613. The SMILES string of the molecule is Cc1ccc(S(=O)(=O)N2CCCN(C(=O)c3cccc4ccccc34)CC2)cc1. The molecule has 0 aromatic heterocycles. The molecule has 0 radical (unpaired) electrons. The van der Waals surface area contributed by atoms with Crippen LogP contribution in [0.1, 0.15) is 22.3 Å². The van der Waals surface area contributed by atoms with Crippen LogP contribution in [0, 0.1) is 6.92 Å². The number of hydrogen-bond acceptors (Lipinski definition) is 3. The van der Waals surface area contributed by atoms with E-state index >= 15 is 0 Å². The molecule has 1 aliphatic rings. The van der Waals surface area contributed by atoms with Gasteiger partial charge in [-0.3, -0.25) is 4.79 Å². The predicted octanol–water partition coefficient (Wildman–Crippen LogP) is 3.69. The molecule has 150 valence electrons. The van der Waals surface area contributed by atoms with Crippen molar-refractivity contribution in [2.24, 2.45) is 0 Å². The average molecular weight is 409 g/mol. The highest BCUT2D eigenvalue weighted by atomic mass is 32.2. The van der Waals surface area contributed by atoms with Gasteiger partial charge in [0.2, 0.25) is 10.0 Å². The van der Waals surface area contributed by atoms with Crippen molar-refractivity contribution >= 4 is 26.7 Å². The minimum Gasteiger partial charge on any atom is -0.337 e. The lowest BCUT2D eigenvalue weighted by molar-refractivity contribution is 0.0766. The van der Waals surface area contributed by atoms with Gasteiger partial charge in [-0.15, -0.1) is 0 Å². The van der Waals surface area contributed by atoms with Crippen LogP contribution in [0.5, 0.6) is 0 Å². The highest BCUT2D eigenvalue weighted by Gasteiger charge is 2.28. The number of carbonyl (C=O) groups is 1. The zero-order chi connectivity index (χ0) is 20.4. The summed E-state index contributed by atoms with van der Waals surface area (Å²) in [5.41, 5.74) is 1.68. The summed E-state index contributed by atoms with van der Waals surface area (Å²) in [4.78, 5) is 15.3. The Balaban J connectivity index is 1.54. The molecule has 3 aromatic rings. The van der Waals surface area contributed by atoms with Gasteiger partial charge in [0.1, 0.15) is 0 Å². The van der Waals surface area contributed by atoms with Crippen molar-refractivity contribution in [3.05, 3.63) is 77.9 Å². The zero-order valence-electron chi connectivity index (χ0n) is 16.4. The fourth-order valence-corrected chi connectivity index (χ4v) is 5.25. The molecule has 1 amide bonds. The minimum atomic E-state index is -3.56. The van der Waals surface area contributed by atoms with Crippen LogP contribution in [-0.2, 0) is 10.0 Å². The number of rotatable bonds is 3. The summed E-state index contributed by atoms with van der Waals surface area (Å²) in [5.74, 6) is -0.0450. The molecule has 1 saturated heterocycles. The Kier molecular flexibility index (Phi) is 5.39. The maximum atomic E-state index is 13.2. The molecule has 0 unspecified atom stereocenters. The molecule has 29 heavy (non-hydrogen) atoms. The van der Waals surface area contributed by atoms with E-state index in [-0.39, 0.29) is 5.91 Å². The van der Waals surface area contributed by atoms with E-state index in [2.05, 4.69) is 0 Å². The monoisotopic (exact) mass is 408 g/mol. The van der Waals surface area contributed by atoms with Crippen LogP contribution in [0.4, 0.5) is 0 Å². The zero-order valence-corrected chi connectivity index (χ0v) is 17.2. The molecule has 3 aromatic carbocycles. The van der Waals surface area contributed by atoms with Gasteiger partial charge < -0.3 is 4.90 Å². The molecule has 0 spiro atoms. The number of aryl methyl sites for hydroxylation is 1. The molecule has 4 rings (SSSR count). The molecule has 1 fully saturated rings. The first-order chi connectivity index (χ1) is 14.0. The van der Waals surface area contributed by atoms with Gasteiger partial charge in [-0.05, 0) is 42.3 Å². The first-order valence-corrected chi connectivity index (χ1v) is 11.2. The molecule has 5 nitrogen and oxygen atoms in total. The van der Waals surface area contributed by atoms with Crippen molar-refractivity contribution in [3.8, 4) is 0 Å². The molecule has 0 atom stereocenters. The first-order valence-electron chi connectivity index (χ1n) is 9.81. The van der Waals surface area contributed by atoms with Crippen LogP contribution < -0.4 is 0 Å². The van der Waals surface area contributed by atoms with Gasteiger partial charge in [-0.25, -0.2) is 8.42 Å². The molecular formula is C23H24N2O3S. The van der Waals surface area contributed by atoms with Crippen molar-refractivity contribution in [1.82, 2.24) is 9.21 Å². The van der Waals surface area contributed by atoms with Gasteiger partial charge in [0, 0.05) is 31.7 Å². The van der Waals surface area contributed by atoms with E-state index in [9.17, 15) is 13.2 Å². The van der Waals surface area contributed by atoms with Crippen LogP contribution in [-0.4, -0.2) is 49.7 Å². The minimum absolute atomic E-state index is 0.0450. The third-order valence-corrected chi connectivity index (χ3v) is 7.33. The van der Waals surface area contributed by atoms with Gasteiger partial charge in [0.05, 0.1) is 4.90 Å². The standard InChI is InChI=1S/C23H24N2O3S/c1-18-10-12-20(13-11-18)29(27,28)25-15-5-14-24(16-17-25)23(26)22-9-4-7-19-6-2-3-8-21(19)22/h2-4,6-13H,5,14-17H2,1H3. The largest absolute Gasteiger partial charge is 0.337 e. The number of carbonyl (C=O) groups excluding carboxylic acids is 1. The van der Waals surface area contributed by atoms with E-state index < -0.39 is 10.0 Å². The van der Waals surface area contributed by atoms with Gasteiger partial charge in [-0.2, -0.15) is 4.31 Å². The highest BCUT2D eigenvalue weighted by molar-refractivity contribution is 7.89. The summed E-state index contributed by atoms with van der Waals surface area (Å²) in [7, 11) is -3.56.